The highest BCUT2D eigenvalue weighted by Gasteiger charge is 2.19. The van der Waals surface area contributed by atoms with Crippen LogP contribution >= 0.6 is 11.6 Å². The van der Waals surface area contributed by atoms with E-state index in [9.17, 15) is 14.4 Å². The average Bonchev–Trinajstić information content (AvgIpc) is 3.24. The third-order valence-corrected chi connectivity index (χ3v) is 3.79. The van der Waals surface area contributed by atoms with Crippen molar-refractivity contribution in [2.75, 3.05) is 10.6 Å². The van der Waals surface area contributed by atoms with Crippen LogP contribution in [-0.2, 0) is 6.42 Å². The van der Waals surface area contributed by atoms with E-state index >= 15 is 0 Å². The molecule has 10 nitrogen and oxygen atoms in total. The minimum Gasteiger partial charge on any atom is -0.475 e. The maximum absolute atomic E-state index is 12.1. The molecule has 3 amide bonds. The second kappa shape index (κ2) is 7.84. The number of aromatic nitrogens is 2. The number of rotatable bonds is 6. The largest absolute Gasteiger partial charge is 0.475 e. The quantitative estimate of drug-likeness (QED) is 0.424. The first-order chi connectivity index (χ1) is 13.3. The number of aromatic amines is 1. The number of amides is 3. The maximum Gasteiger partial charge on any atom is 0.371 e. The molecule has 0 atom stereocenters. The molecule has 6 N–H and O–H groups in total. The SMILES string of the molecule is NC(=O)c1nc(Cc2ccc(C(=O)O)o2)[nH]c1NC(=O)Nc1ccc(Cl)cc1. The van der Waals surface area contributed by atoms with Crippen LogP contribution in [0.5, 0.6) is 0 Å². The van der Waals surface area contributed by atoms with E-state index in [-0.39, 0.29) is 29.5 Å². The van der Waals surface area contributed by atoms with Gasteiger partial charge in [-0.2, -0.15) is 0 Å². The Morgan fingerprint density at radius 1 is 1.14 bits per heavy atom. The highest BCUT2D eigenvalue weighted by Crippen LogP contribution is 2.18. The first kappa shape index (κ1) is 19.0. The van der Waals surface area contributed by atoms with Crippen molar-refractivity contribution in [1.29, 1.82) is 0 Å². The van der Waals surface area contributed by atoms with Gasteiger partial charge in [0.05, 0.1) is 6.42 Å². The molecule has 2 heterocycles. The number of primary amides is 1. The van der Waals surface area contributed by atoms with Gasteiger partial charge < -0.3 is 25.6 Å². The Balaban J connectivity index is 1.74. The van der Waals surface area contributed by atoms with E-state index in [1.807, 2.05) is 0 Å². The second-order valence-corrected chi connectivity index (χ2v) is 6.04. The lowest BCUT2D eigenvalue weighted by atomic mass is 10.3. The number of carboxylic acid groups (broad SMARTS) is 1. The number of hydrogen-bond donors (Lipinski definition) is 5. The zero-order valence-corrected chi connectivity index (χ0v) is 14.9. The first-order valence-corrected chi connectivity index (χ1v) is 8.24. The Labute approximate surface area is 162 Å². The highest BCUT2D eigenvalue weighted by molar-refractivity contribution is 6.30. The van der Waals surface area contributed by atoms with Crippen molar-refractivity contribution in [2.24, 2.45) is 5.73 Å². The van der Waals surface area contributed by atoms with Crippen LogP contribution in [0.15, 0.2) is 40.8 Å². The fourth-order valence-corrected chi connectivity index (χ4v) is 2.46. The molecule has 144 valence electrons. The number of nitrogens with zero attached hydrogens (tertiary/aromatic N) is 1. The van der Waals surface area contributed by atoms with Gasteiger partial charge in [-0.05, 0) is 36.4 Å². The van der Waals surface area contributed by atoms with E-state index < -0.39 is 17.9 Å². The van der Waals surface area contributed by atoms with Crippen molar-refractivity contribution in [2.45, 2.75) is 6.42 Å². The smallest absolute Gasteiger partial charge is 0.371 e. The minimum absolute atomic E-state index is 0.000947. The molecule has 0 aliphatic rings. The van der Waals surface area contributed by atoms with Crippen molar-refractivity contribution >= 4 is 41.0 Å². The molecule has 0 fully saturated rings. The molecule has 0 saturated carbocycles. The number of aromatic carboxylic acids is 1. The van der Waals surface area contributed by atoms with Crippen LogP contribution in [0.4, 0.5) is 16.3 Å². The van der Waals surface area contributed by atoms with Crippen molar-refractivity contribution in [1.82, 2.24) is 9.97 Å². The monoisotopic (exact) mass is 403 g/mol. The lowest BCUT2D eigenvalue weighted by molar-refractivity contribution is 0.0660. The molecule has 2 aromatic heterocycles. The number of H-pyrrole nitrogens is 1. The van der Waals surface area contributed by atoms with Crippen LogP contribution < -0.4 is 16.4 Å². The number of urea groups is 1. The van der Waals surface area contributed by atoms with Gasteiger partial charge in [-0.3, -0.25) is 10.1 Å². The standard InChI is InChI=1S/C17H14ClN5O5/c18-8-1-3-9(4-2-8)20-17(27)23-15-13(14(19)24)21-12(22-15)7-10-5-6-11(28-10)16(25)26/h1-6H,7H2,(H2,19,24)(H,21,22)(H,25,26)(H2,20,23,27). The third-order valence-electron chi connectivity index (χ3n) is 3.54. The van der Waals surface area contributed by atoms with Gasteiger partial charge in [0.1, 0.15) is 17.4 Å². The number of hydrogen-bond acceptors (Lipinski definition) is 5. The number of carbonyl (C=O) groups is 3. The van der Waals surface area contributed by atoms with E-state index in [2.05, 4.69) is 20.6 Å². The summed E-state index contributed by atoms with van der Waals surface area (Å²) in [7, 11) is 0. The fourth-order valence-electron chi connectivity index (χ4n) is 2.34. The van der Waals surface area contributed by atoms with Crippen molar-refractivity contribution in [3.8, 4) is 0 Å². The Morgan fingerprint density at radius 3 is 2.46 bits per heavy atom. The number of halogens is 1. The molecular weight excluding hydrogens is 390 g/mol. The Morgan fingerprint density at radius 2 is 1.86 bits per heavy atom. The lowest BCUT2D eigenvalue weighted by Crippen LogP contribution is -2.22. The number of carboxylic acids is 1. The Kier molecular flexibility index (Phi) is 5.32. The minimum atomic E-state index is -1.20. The third kappa shape index (κ3) is 4.48. The number of anilines is 2. The van der Waals surface area contributed by atoms with Gasteiger partial charge in [0, 0.05) is 10.7 Å². The number of carbonyl (C=O) groups excluding carboxylic acids is 2. The summed E-state index contributed by atoms with van der Waals surface area (Å²) in [5, 5.41) is 14.4. The van der Waals surface area contributed by atoms with Crippen LogP contribution in [-0.4, -0.2) is 33.0 Å². The Hall–Kier alpha value is -3.79. The molecule has 0 radical (unpaired) electrons. The van der Waals surface area contributed by atoms with Crippen LogP contribution in [0.2, 0.25) is 5.02 Å². The Bertz CT molecular complexity index is 1040. The topological polar surface area (TPSA) is 163 Å². The zero-order valence-electron chi connectivity index (χ0n) is 14.2. The van der Waals surface area contributed by atoms with Crippen LogP contribution in [0.3, 0.4) is 0 Å². The molecule has 3 rings (SSSR count). The van der Waals surface area contributed by atoms with Gasteiger partial charge in [-0.25, -0.2) is 14.6 Å². The van der Waals surface area contributed by atoms with Gasteiger partial charge in [0.15, 0.2) is 5.69 Å². The maximum atomic E-state index is 12.1. The lowest BCUT2D eigenvalue weighted by Gasteiger charge is -2.06. The molecule has 0 aliphatic heterocycles. The summed E-state index contributed by atoms with van der Waals surface area (Å²) in [5.74, 6) is -1.72. The number of furan rings is 1. The van der Waals surface area contributed by atoms with E-state index in [1.54, 1.807) is 24.3 Å². The number of nitrogens with two attached hydrogens (primary N) is 1. The van der Waals surface area contributed by atoms with Crippen LogP contribution in [0, 0.1) is 0 Å². The highest BCUT2D eigenvalue weighted by atomic mass is 35.5. The normalized spacial score (nSPS) is 10.5. The van der Waals surface area contributed by atoms with Crippen molar-refractivity contribution < 1.29 is 23.9 Å². The van der Waals surface area contributed by atoms with Gasteiger partial charge in [0.2, 0.25) is 5.76 Å². The van der Waals surface area contributed by atoms with Crippen LogP contribution in [0.25, 0.3) is 0 Å². The average molecular weight is 404 g/mol. The molecule has 0 spiro atoms. The molecular formula is C17H14ClN5O5. The van der Waals surface area contributed by atoms with Gasteiger partial charge in [0.25, 0.3) is 5.91 Å². The van der Waals surface area contributed by atoms with E-state index in [4.69, 9.17) is 26.9 Å². The van der Waals surface area contributed by atoms with Gasteiger partial charge >= 0.3 is 12.0 Å². The van der Waals surface area contributed by atoms with Gasteiger partial charge in [-0.1, -0.05) is 11.6 Å². The molecule has 0 saturated heterocycles. The summed E-state index contributed by atoms with van der Waals surface area (Å²) < 4.78 is 5.14. The van der Waals surface area contributed by atoms with Crippen LogP contribution in [0.1, 0.15) is 32.6 Å². The summed E-state index contributed by atoms with van der Waals surface area (Å²) in [6.45, 7) is 0. The second-order valence-electron chi connectivity index (χ2n) is 5.61. The predicted octanol–water partition coefficient (Wildman–Crippen LogP) is 2.69. The molecule has 3 aromatic rings. The number of imidazole rings is 1. The summed E-state index contributed by atoms with van der Waals surface area (Å²) in [6.07, 6.45) is 0.0635. The first-order valence-electron chi connectivity index (χ1n) is 7.86. The summed E-state index contributed by atoms with van der Waals surface area (Å²) in [5.41, 5.74) is 5.61. The fraction of sp³-hybridized carbons (Fsp3) is 0.0588. The van der Waals surface area contributed by atoms with E-state index in [0.717, 1.165) is 0 Å². The summed E-state index contributed by atoms with van der Waals surface area (Å²) in [4.78, 5) is 41.4. The van der Waals surface area contributed by atoms with E-state index in [1.165, 1.54) is 12.1 Å². The van der Waals surface area contributed by atoms with Crippen molar-refractivity contribution in [3.63, 3.8) is 0 Å². The number of benzene rings is 1. The number of nitrogens with one attached hydrogen (secondary N) is 3. The van der Waals surface area contributed by atoms with Gasteiger partial charge in [-0.15, -0.1) is 0 Å². The summed E-state index contributed by atoms with van der Waals surface area (Å²) in [6, 6.07) is 8.55. The van der Waals surface area contributed by atoms with E-state index in [0.29, 0.717) is 16.5 Å². The predicted molar refractivity (Wildman–Crippen MR) is 99.7 cm³/mol. The molecule has 1 aromatic carbocycles. The molecule has 0 aliphatic carbocycles. The summed E-state index contributed by atoms with van der Waals surface area (Å²) >= 11 is 5.79. The molecule has 0 bridgehead atoms. The molecule has 11 heteroatoms. The molecule has 0 unspecified atom stereocenters. The molecule has 28 heavy (non-hydrogen) atoms. The van der Waals surface area contributed by atoms with Crippen molar-refractivity contribution in [3.05, 3.63) is 64.5 Å². The zero-order chi connectivity index (χ0) is 20.3.